The molecule has 0 saturated carbocycles. The summed E-state index contributed by atoms with van der Waals surface area (Å²) in [5, 5.41) is 4.22. The van der Waals surface area contributed by atoms with E-state index in [9.17, 15) is 0 Å². The fourth-order valence-electron chi connectivity index (χ4n) is 1.91. The van der Waals surface area contributed by atoms with E-state index in [4.69, 9.17) is 11.6 Å². The van der Waals surface area contributed by atoms with Gasteiger partial charge < -0.3 is 5.32 Å². The van der Waals surface area contributed by atoms with E-state index in [1.54, 1.807) is 11.3 Å². The average Bonchev–Trinajstić information content (AvgIpc) is 2.76. The first-order chi connectivity index (χ1) is 8.69. The van der Waals surface area contributed by atoms with E-state index in [-0.39, 0.29) is 0 Å². The first kappa shape index (κ1) is 14.1. The van der Waals surface area contributed by atoms with Gasteiger partial charge in [0.15, 0.2) is 0 Å². The zero-order chi connectivity index (χ0) is 13.0. The van der Waals surface area contributed by atoms with Gasteiger partial charge in [-0.3, -0.25) is 0 Å². The molecule has 1 aromatic heterocycles. The van der Waals surface area contributed by atoms with Gasteiger partial charge in [0.05, 0.1) is 3.79 Å². The van der Waals surface area contributed by atoms with Gasteiger partial charge >= 0.3 is 0 Å². The van der Waals surface area contributed by atoms with E-state index < -0.39 is 0 Å². The molecule has 0 radical (unpaired) electrons. The number of halogens is 2. The van der Waals surface area contributed by atoms with Gasteiger partial charge in [-0.1, -0.05) is 29.8 Å². The Morgan fingerprint density at radius 2 is 2.00 bits per heavy atom. The predicted molar refractivity (Wildman–Crippen MR) is 83.7 cm³/mol. The van der Waals surface area contributed by atoms with Crippen molar-refractivity contribution in [3.8, 4) is 0 Å². The minimum atomic E-state index is 0.412. The van der Waals surface area contributed by atoms with Crippen LogP contribution in [0, 0.1) is 0 Å². The van der Waals surface area contributed by atoms with Crippen LogP contribution in [0.4, 0.5) is 0 Å². The molecule has 1 nitrogen and oxygen atoms in total. The summed E-state index contributed by atoms with van der Waals surface area (Å²) in [7, 11) is 2.00. The van der Waals surface area contributed by atoms with Crippen LogP contribution in [0.15, 0.2) is 40.2 Å². The van der Waals surface area contributed by atoms with Crippen molar-refractivity contribution in [2.75, 3.05) is 7.05 Å². The second kappa shape index (κ2) is 6.71. The van der Waals surface area contributed by atoms with Crippen molar-refractivity contribution in [1.29, 1.82) is 0 Å². The lowest BCUT2D eigenvalue weighted by molar-refractivity contribution is 0.560. The number of nitrogens with one attached hydrogen (secondary N) is 1. The molecule has 2 rings (SSSR count). The largest absolute Gasteiger partial charge is 0.316 e. The molecule has 0 aliphatic carbocycles. The second-order valence-electron chi connectivity index (χ2n) is 4.19. The molecule has 1 unspecified atom stereocenters. The monoisotopic (exact) mass is 343 g/mol. The zero-order valence-corrected chi connectivity index (χ0v) is 13.3. The highest BCUT2D eigenvalue weighted by molar-refractivity contribution is 9.11. The molecule has 4 heteroatoms. The van der Waals surface area contributed by atoms with E-state index in [0.29, 0.717) is 6.04 Å². The van der Waals surface area contributed by atoms with Crippen LogP contribution in [0.3, 0.4) is 0 Å². The summed E-state index contributed by atoms with van der Waals surface area (Å²) in [4.78, 5) is 1.38. The van der Waals surface area contributed by atoms with E-state index >= 15 is 0 Å². The fourth-order valence-corrected chi connectivity index (χ4v) is 3.69. The Balaban J connectivity index is 2.04. The predicted octanol–water partition coefficient (Wildman–Crippen LogP) is 4.54. The van der Waals surface area contributed by atoms with E-state index in [2.05, 4.69) is 39.4 Å². The molecule has 0 fully saturated rings. The minimum absolute atomic E-state index is 0.412. The first-order valence-electron chi connectivity index (χ1n) is 5.84. The van der Waals surface area contributed by atoms with Gasteiger partial charge in [-0.25, -0.2) is 0 Å². The van der Waals surface area contributed by atoms with Crippen LogP contribution in [0.25, 0.3) is 0 Å². The lowest BCUT2D eigenvalue weighted by Gasteiger charge is -2.16. The normalized spacial score (nSPS) is 12.6. The van der Waals surface area contributed by atoms with Crippen molar-refractivity contribution >= 4 is 38.9 Å². The van der Waals surface area contributed by atoms with Crippen molar-refractivity contribution in [2.45, 2.75) is 18.9 Å². The summed E-state index contributed by atoms with van der Waals surface area (Å²) < 4.78 is 1.19. The molecule has 0 spiro atoms. The van der Waals surface area contributed by atoms with Crippen molar-refractivity contribution in [3.63, 3.8) is 0 Å². The molecule has 18 heavy (non-hydrogen) atoms. The van der Waals surface area contributed by atoms with Gasteiger partial charge in [0, 0.05) is 15.9 Å². The van der Waals surface area contributed by atoms with Crippen LogP contribution in [0.1, 0.15) is 10.4 Å². The molecule has 0 bridgehead atoms. The quantitative estimate of drug-likeness (QED) is 0.840. The number of benzene rings is 1. The maximum atomic E-state index is 6.20. The highest BCUT2D eigenvalue weighted by Gasteiger charge is 2.11. The first-order valence-corrected chi connectivity index (χ1v) is 7.82. The van der Waals surface area contributed by atoms with Crippen molar-refractivity contribution in [2.24, 2.45) is 0 Å². The highest BCUT2D eigenvalue weighted by atomic mass is 79.9. The molecule has 0 aliphatic rings. The molecule has 1 atom stereocenters. The number of hydrogen-bond donors (Lipinski definition) is 1. The second-order valence-corrected chi connectivity index (χ2v) is 7.15. The molecule has 0 amide bonds. The zero-order valence-electron chi connectivity index (χ0n) is 10.1. The lowest BCUT2D eigenvalue weighted by Crippen LogP contribution is -2.29. The average molecular weight is 345 g/mol. The van der Waals surface area contributed by atoms with Gasteiger partial charge in [0.2, 0.25) is 0 Å². The summed E-state index contributed by atoms with van der Waals surface area (Å²) in [6, 6.07) is 12.7. The lowest BCUT2D eigenvalue weighted by atomic mass is 10.0. The summed E-state index contributed by atoms with van der Waals surface area (Å²) in [6.45, 7) is 0. The van der Waals surface area contributed by atoms with Crippen LogP contribution < -0.4 is 5.32 Å². The molecule has 0 saturated heterocycles. The van der Waals surface area contributed by atoms with Gasteiger partial charge in [-0.05, 0) is 59.6 Å². The number of thiophene rings is 1. The Labute approximate surface area is 125 Å². The van der Waals surface area contributed by atoms with Gasteiger partial charge in [-0.15, -0.1) is 11.3 Å². The third-order valence-electron chi connectivity index (χ3n) is 2.91. The Hall–Kier alpha value is -0.350. The van der Waals surface area contributed by atoms with Crippen LogP contribution in [-0.4, -0.2) is 13.1 Å². The Morgan fingerprint density at radius 3 is 2.61 bits per heavy atom. The molecule has 2 aromatic rings. The fraction of sp³-hybridized carbons (Fsp3) is 0.286. The number of likely N-dealkylation sites (N-methyl/N-ethyl adjacent to an activating group) is 1. The van der Waals surface area contributed by atoms with E-state index in [1.165, 1.54) is 14.2 Å². The summed E-state index contributed by atoms with van der Waals surface area (Å²) in [5.41, 5.74) is 1.20. The number of rotatable bonds is 5. The molecule has 0 aliphatic heterocycles. The summed E-state index contributed by atoms with van der Waals surface area (Å²) in [5.74, 6) is 0. The molecule has 96 valence electrons. The van der Waals surface area contributed by atoms with E-state index in [1.807, 2.05) is 25.2 Å². The SMILES string of the molecule is CNC(Cc1ccc(Br)s1)Cc1ccccc1Cl. The smallest absolute Gasteiger partial charge is 0.0701 e. The van der Waals surface area contributed by atoms with Gasteiger partial charge in [0.1, 0.15) is 0 Å². The molecular weight excluding hydrogens is 330 g/mol. The van der Waals surface area contributed by atoms with Crippen LogP contribution >= 0.6 is 38.9 Å². The molecule has 1 heterocycles. The standard InChI is InChI=1S/C14H15BrClNS/c1-17-11(9-12-6-7-14(15)18-12)8-10-4-2-3-5-13(10)16/h2-7,11,17H,8-9H2,1H3. The molecular formula is C14H15BrClNS. The third kappa shape index (κ3) is 3.82. The van der Waals surface area contributed by atoms with Crippen molar-refractivity contribution in [1.82, 2.24) is 5.32 Å². The van der Waals surface area contributed by atoms with Crippen LogP contribution in [0.2, 0.25) is 5.02 Å². The Kier molecular flexibility index (Phi) is 5.25. The van der Waals surface area contributed by atoms with Crippen molar-refractivity contribution in [3.05, 3.63) is 55.6 Å². The van der Waals surface area contributed by atoms with E-state index in [0.717, 1.165) is 17.9 Å². The highest BCUT2D eigenvalue weighted by Crippen LogP contribution is 2.24. The maximum Gasteiger partial charge on any atom is 0.0701 e. The van der Waals surface area contributed by atoms with Gasteiger partial charge in [-0.2, -0.15) is 0 Å². The Morgan fingerprint density at radius 1 is 1.22 bits per heavy atom. The van der Waals surface area contributed by atoms with Gasteiger partial charge in [0.25, 0.3) is 0 Å². The number of hydrogen-bond acceptors (Lipinski definition) is 2. The maximum absolute atomic E-state index is 6.20. The summed E-state index contributed by atoms with van der Waals surface area (Å²) >= 11 is 11.5. The summed E-state index contributed by atoms with van der Waals surface area (Å²) in [6.07, 6.45) is 1.98. The molecule has 1 aromatic carbocycles. The minimum Gasteiger partial charge on any atom is -0.316 e. The topological polar surface area (TPSA) is 12.0 Å². The molecule has 1 N–H and O–H groups in total. The van der Waals surface area contributed by atoms with Crippen molar-refractivity contribution < 1.29 is 0 Å². The van der Waals surface area contributed by atoms with Crippen LogP contribution in [-0.2, 0) is 12.8 Å². The third-order valence-corrected chi connectivity index (χ3v) is 4.92. The Bertz CT molecular complexity index is 512. The van der Waals surface area contributed by atoms with Crippen LogP contribution in [0.5, 0.6) is 0 Å².